The fourth-order valence-electron chi connectivity index (χ4n) is 2.00. The Morgan fingerprint density at radius 1 is 1.32 bits per heavy atom. The number of fused-ring (bicyclic) bond motifs is 1. The summed E-state index contributed by atoms with van der Waals surface area (Å²) >= 11 is 6.01. The molecule has 0 saturated carbocycles. The van der Waals surface area contributed by atoms with E-state index in [0.29, 0.717) is 30.3 Å². The molecule has 0 atom stereocenters. The van der Waals surface area contributed by atoms with E-state index in [2.05, 4.69) is 15.5 Å². The fraction of sp³-hybridized carbons (Fsp3) is 0.250. The Balaban J connectivity index is 1.71. The highest BCUT2D eigenvalue weighted by atomic mass is 35.5. The number of rotatable bonds is 1. The molecule has 0 aliphatic carbocycles. The molecule has 0 spiro atoms. The van der Waals surface area contributed by atoms with Gasteiger partial charge in [-0.2, -0.15) is 0 Å². The topological polar surface area (TPSA) is 63.1 Å². The molecule has 0 saturated heterocycles. The van der Waals surface area contributed by atoms with E-state index < -0.39 is 0 Å². The van der Waals surface area contributed by atoms with Crippen LogP contribution in [0.4, 0.5) is 10.5 Å². The molecule has 2 aromatic rings. The summed E-state index contributed by atoms with van der Waals surface area (Å²) in [7, 11) is 0. The molecule has 0 radical (unpaired) electrons. The first kappa shape index (κ1) is 12.0. The molecule has 1 aromatic heterocycles. The second-order valence-corrected chi connectivity index (χ2v) is 4.68. The zero-order valence-electron chi connectivity index (χ0n) is 10.1. The summed E-state index contributed by atoms with van der Waals surface area (Å²) in [6, 6.07) is 6.98. The lowest BCUT2D eigenvalue weighted by molar-refractivity contribution is 0.195. The summed E-state index contributed by atoms with van der Waals surface area (Å²) < 4.78 is 1.94. The van der Waals surface area contributed by atoms with Crippen LogP contribution < -0.4 is 5.32 Å². The lowest BCUT2D eigenvalue weighted by Gasteiger charge is -2.27. The number of carbonyl (C=O) groups excluding carboxylic acids is 1. The highest BCUT2D eigenvalue weighted by Crippen LogP contribution is 2.21. The molecule has 1 aromatic carbocycles. The Labute approximate surface area is 115 Å². The maximum atomic E-state index is 12.2. The van der Waals surface area contributed by atoms with Crippen LogP contribution in [0.15, 0.2) is 30.6 Å². The molecule has 0 bridgehead atoms. The fourth-order valence-corrected chi connectivity index (χ4v) is 2.18. The van der Waals surface area contributed by atoms with Gasteiger partial charge in [-0.25, -0.2) is 4.79 Å². The predicted molar refractivity (Wildman–Crippen MR) is 70.9 cm³/mol. The third-order valence-corrected chi connectivity index (χ3v) is 3.37. The number of nitrogens with one attached hydrogen (secondary N) is 1. The molecular formula is C12H12ClN5O. The second-order valence-electron chi connectivity index (χ2n) is 4.27. The molecular weight excluding hydrogens is 266 g/mol. The minimum Gasteiger partial charge on any atom is -0.315 e. The van der Waals surface area contributed by atoms with Crippen molar-refractivity contribution < 1.29 is 4.79 Å². The Morgan fingerprint density at radius 2 is 2.16 bits per heavy atom. The summed E-state index contributed by atoms with van der Waals surface area (Å²) in [6.07, 6.45) is 1.68. The first-order chi connectivity index (χ1) is 9.24. The normalized spacial score (nSPS) is 14.1. The van der Waals surface area contributed by atoms with Crippen molar-refractivity contribution in [2.24, 2.45) is 0 Å². The number of hydrogen-bond acceptors (Lipinski definition) is 3. The van der Waals surface area contributed by atoms with Crippen molar-refractivity contribution in [3.05, 3.63) is 41.4 Å². The zero-order valence-corrected chi connectivity index (χ0v) is 10.8. The van der Waals surface area contributed by atoms with Gasteiger partial charge in [-0.15, -0.1) is 10.2 Å². The number of urea groups is 1. The van der Waals surface area contributed by atoms with Crippen LogP contribution >= 0.6 is 11.6 Å². The van der Waals surface area contributed by atoms with Gasteiger partial charge in [0.15, 0.2) is 5.82 Å². The zero-order chi connectivity index (χ0) is 13.2. The summed E-state index contributed by atoms with van der Waals surface area (Å²) in [5, 5.41) is 11.1. The number of carbonyl (C=O) groups is 1. The van der Waals surface area contributed by atoms with Crippen LogP contribution in [0, 0.1) is 0 Å². The van der Waals surface area contributed by atoms with E-state index in [1.807, 2.05) is 16.7 Å². The molecule has 0 unspecified atom stereocenters. The third-order valence-electron chi connectivity index (χ3n) is 3.04. The van der Waals surface area contributed by atoms with Crippen LogP contribution in [-0.4, -0.2) is 32.2 Å². The molecule has 2 amide bonds. The van der Waals surface area contributed by atoms with Crippen molar-refractivity contribution in [2.45, 2.75) is 13.1 Å². The van der Waals surface area contributed by atoms with Gasteiger partial charge >= 0.3 is 6.03 Å². The number of benzene rings is 1. The van der Waals surface area contributed by atoms with Crippen LogP contribution in [0.1, 0.15) is 5.82 Å². The summed E-state index contributed by atoms with van der Waals surface area (Å²) in [5.41, 5.74) is 0.612. The van der Waals surface area contributed by atoms with Gasteiger partial charge in [-0.05, 0) is 12.1 Å². The first-order valence-corrected chi connectivity index (χ1v) is 6.29. The standard InChI is InChI=1S/C12H12ClN5O/c13-9-3-1-2-4-10(9)15-12(19)17-5-6-18-8-14-16-11(18)7-17/h1-4,8H,5-7H2,(H,15,19). The second kappa shape index (κ2) is 4.89. The molecule has 19 heavy (non-hydrogen) atoms. The maximum Gasteiger partial charge on any atom is 0.322 e. The number of aromatic nitrogens is 3. The number of para-hydroxylation sites is 1. The molecule has 1 aliphatic rings. The van der Waals surface area contributed by atoms with Gasteiger partial charge in [0, 0.05) is 13.1 Å². The molecule has 2 heterocycles. The quantitative estimate of drug-likeness (QED) is 0.867. The Hall–Kier alpha value is -2.08. The Kier molecular flexibility index (Phi) is 3.08. The van der Waals surface area contributed by atoms with Crippen LogP contribution in [0.25, 0.3) is 0 Å². The van der Waals surface area contributed by atoms with E-state index in [1.165, 1.54) is 0 Å². The average molecular weight is 278 g/mol. The SMILES string of the molecule is O=C(Nc1ccccc1Cl)N1CCn2cnnc2C1. The van der Waals surface area contributed by atoms with Gasteiger partial charge in [0.25, 0.3) is 0 Å². The van der Waals surface area contributed by atoms with E-state index >= 15 is 0 Å². The number of anilines is 1. The van der Waals surface area contributed by atoms with Gasteiger partial charge in [-0.1, -0.05) is 23.7 Å². The summed E-state index contributed by atoms with van der Waals surface area (Å²) in [4.78, 5) is 13.8. The molecule has 3 rings (SSSR count). The van der Waals surface area contributed by atoms with Crippen molar-refractivity contribution in [1.29, 1.82) is 0 Å². The largest absolute Gasteiger partial charge is 0.322 e. The van der Waals surface area contributed by atoms with Crippen LogP contribution in [0.5, 0.6) is 0 Å². The van der Waals surface area contributed by atoms with Gasteiger partial charge in [0.05, 0.1) is 17.3 Å². The van der Waals surface area contributed by atoms with Crippen molar-refractivity contribution >= 4 is 23.3 Å². The van der Waals surface area contributed by atoms with Gasteiger partial charge in [-0.3, -0.25) is 0 Å². The molecule has 1 N–H and O–H groups in total. The van der Waals surface area contributed by atoms with Crippen LogP contribution in [-0.2, 0) is 13.1 Å². The number of halogens is 1. The molecule has 1 aliphatic heterocycles. The van der Waals surface area contributed by atoms with Crippen molar-refractivity contribution in [1.82, 2.24) is 19.7 Å². The predicted octanol–water partition coefficient (Wildman–Crippen LogP) is 1.98. The summed E-state index contributed by atoms with van der Waals surface area (Å²) in [5.74, 6) is 0.792. The minimum absolute atomic E-state index is 0.178. The number of hydrogen-bond donors (Lipinski definition) is 1. The van der Waals surface area contributed by atoms with Crippen molar-refractivity contribution in [2.75, 3.05) is 11.9 Å². The van der Waals surface area contributed by atoms with E-state index in [9.17, 15) is 4.79 Å². The first-order valence-electron chi connectivity index (χ1n) is 5.91. The van der Waals surface area contributed by atoms with Crippen molar-refractivity contribution in [3.8, 4) is 0 Å². The molecule has 7 heteroatoms. The molecule has 0 fully saturated rings. The monoisotopic (exact) mass is 277 g/mol. The van der Waals surface area contributed by atoms with Crippen LogP contribution in [0.3, 0.4) is 0 Å². The van der Waals surface area contributed by atoms with Gasteiger partial charge in [0.1, 0.15) is 6.33 Å². The van der Waals surface area contributed by atoms with E-state index in [4.69, 9.17) is 11.6 Å². The van der Waals surface area contributed by atoms with Gasteiger partial charge < -0.3 is 14.8 Å². The average Bonchev–Trinajstić information content (AvgIpc) is 2.88. The Morgan fingerprint density at radius 3 is 3.00 bits per heavy atom. The van der Waals surface area contributed by atoms with Crippen molar-refractivity contribution in [3.63, 3.8) is 0 Å². The van der Waals surface area contributed by atoms with Gasteiger partial charge in [0.2, 0.25) is 0 Å². The highest BCUT2D eigenvalue weighted by molar-refractivity contribution is 6.33. The smallest absolute Gasteiger partial charge is 0.315 e. The number of nitrogens with zero attached hydrogens (tertiary/aromatic N) is 4. The number of amides is 2. The molecule has 98 valence electrons. The van der Waals surface area contributed by atoms with Crippen LogP contribution in [0.2, 0.25) is 5.02 Å². The maximum absolute atomic E-state index is 12.2. The highest BCUT2D eigenvalue weighted by Gasteiger charge is 2.22. The Bertz CT molecular complexity index is 612. The lowest BCUT2D eigenvalue weighted by atomic mass is 10.3. The molecule has 6 nitrogen and oxygen atoms in total. The minimum atomic E-state index is -0.178. The van der Waals surface area contributed by atoms with E-state index in [-0.39, 0.29) is 6.03 Å². The lowest BCUT2D eigenvalue weighted by Crippen LogP contribution is -2.40. The van der Waals surface area contributed by atoms with E-state index in [1.54, 1.807) is 23.4 Å². The van der Waals surface area contributed by atoms with E-state index in [0.717, 1.165) is 5.82 Å². The third kappa shape index (κ3) is 2.39. The summed E-state index contributed by atoms with van der Waals surface area (Å²) in [6.45, 7) is 1.79.